The van der Waals surface area contributed by atoms with E-state index < -0.39 is 0 Å². The van der Waals surface area contributed by atoms with Crippen LogP contribution in [0, 0.1) is 6.92 Å². The van der Waals surface area contributed by atoms with Gasteiger partial charge < -0.3 is 9.88 Å². The number of piperazine rings is 1. The van der Waals surface area contributed by atoms with Crippen LogP contribution in [0.3, 0.4) is 0 Å². The average molecular weight is 319 g/mol. The fourth-order valence-corrected chi connectivity index (χ4v) is 3.61. The molecule has 2 fully saturated rings. The van der Waals surface area contributed by atoms with Crippen molar-refractivity contribution >= 4 is 5.91 Å². The van der Waals surface area contributed by atoms with Crippen molar-refractivity contribution in [2.75, 3.05) is 39.3 Å². The summed E-state index contributed by atoms with van der Waals surface area (Å²) in [6.07, 6.45) is 8.75. The van der Waals surface area contributed by atoms with Crippen molar-refractivity contribution in [2.45, 2.75) is 45.2 Å². The zero-order valence-corrected chi connectivity index (χ0v) is 14.2. The van der Waals surface area contributed by atoms with Crippen LogP contribution in [-0.2, 0) is 11.3 Å². The summed E-state index contributed by atoms with van der Waals surface area (Å²) in [5.41, 5.74) is 0. The number of hydrogen-bond acceptors (Lipinski definition) is 4. The Kier molecular flexibility index (Phi) is 5.67. The first-order valence-electron chi connectivity index (χ1n) is 8.92. The molecule has 2 aliphatic rings. The van der Waals surface area contributed by atoms with E-state index >= 15 is 0 Å². The highest BCUT2D eigenvalue weighted by Crippen LogP contribution is 2.17. The van der Waals surface area contributed by atoms with E-state index in [9.17, 15) is 4.79 Å². The van der Waals surface area contributed by atoms with Crippen LogP contribution >= 0.6 is 0 Å². The first-order valence-corrected chi connectivity index (χ1v) is 8.92. The van der Waals surface area contributed by atoms with E-state index in [0.717, 1.165) is 57.9 Å². The third-order valence-corrected chi connectivity index (χ3v) is 5.13. The van der Waals surface area contributed by atoms with E-state index in [1.54, 1.807) is 0 Å². The monoisotopic (exact) mass is 319 g/mol. The molecule has 1 aromatic rings. The Morgan fingerprint density at radius 1 is 1.17 bits per heavy atom. The smallest absolute Gasteiger partial charge is 0.234 e. The van der Waals surface area contributed by atoms with Crippen molar-refractivity contribution in [1.82, 2.24) is 24.7 Å². The predicted molar refractivity (Wildman–Crippen MR) is 90.2 cm³/mol. The maximum absolute atomic E-state index is 12.1. The van der Waals surface area contributed by atoms with Gasteiger partial charge in [-0.2, -0.15) is 0 Å². The number of nitrogens with zero attached hydrogens (tertiary/aromatic N) is 4. The van der Waals surface area contributed by atoms with Crippen LogP contribution in [0.1, 0.15) is 31.5 Å². The van der Waals surface area contributed by atoms with E-state index in [-0.39, 0.29) is 5.91 Å². The molecule has 0 unspecified atom stereocenters. The highest BCUT2D eigenvalue weighted by atomic mass is 16.2. The zero-order chi connectivity index (χ0) is 16.1. The summed E-state index contributed by atoms with van der Waals surface area (Å²) in [5, 5.41) is 3.18. The molecule has 6 nitrogen and oxygen atoms in total. The van der Waals surface area contributed by atoms with Gasteiger partial charge in [0, 0.05) is 57.7 Å². The number of rotatable bonds is 6. The molecular formula is C17H29N5O. The summed E-state index contributed by atoms with van der Waals surface area (Å²) < 4.78 is 2.20. The second kappa shape index (κ2) is 7.93. The van der Waals surface area contributed by atoms with Gasteiger partial charge in [0.1, 0.15) is 5.82 Å². The van der Waals surface area contributed by atoms with Crippen LogP contribution in [0.15, 0.2) is 12.4 Å². The van der Waals surface area contributed by atoms with Crippen LogP contribution in [0.2, 0.25) is 0 Å². The quantitative estimate of drug-likeness (QED) is 0.845. The number of aromatic nitrogens is 2. The molecular weight excluding hydrogens is 290 g/mol. The lowest BCUT2D eigenvalue weighted by atomic mass is 10.2. The van der Waals surface area contributed by atoms with Gasteiger partial charge in [-0.15, -0.1) is 0 Å². The number of carbonyl (C=O) groups is 1. The summed E-state index contributed by atoms with van der Waals surface area (Å²) in [4.78, 5) is 21.1. The van der Waals surface area contributed by atoms with Gasteiger partial charge in [0.15, 0.2) is 0 Å². The molecule has 1 N–H and O–H groups in total. The predicted octanol–water partition coefficient (Wildman–Crippen LogP) is 0.868. The van der Waals surface area contributed by atoms with E-state index in [2.05, 4.69) is 24.7 Å². The van der Waals surface area contributed by atoms with Crippen molar-refractivity contribution in [3.05, 3.63) is 18.2 Å². The van der Waals surface area contributed by atoms with Gasteiger partial charge in [-0.05, 0) is 19.8 Å². The molecule has 6 heteroatoms. The van der Waals surface area contributed by atoms with Gasteiger partial charge in [0.25, 0.3) is 0 Å². The molecule has 128 valence electrons. The van der Waals surface area contributed by atoms with Gasteiger partial charge in [-0.3, -0.25) is 14.6 Å². The third-order valence-electron chi connectivity index (χ3n) is 5.13. The van der Waals surface area contributed by atoms with Crippen molar-refractivity contribution in [3.63, 3.8) is 0 Å². The SMILES string of the molecule is Cc1nccn1CCN1CCN(CC(=O)NC2CCCC2)CC1. The van der Waals surface area contributed by atoms with Crippen LogP contribution < -0.4 is 5.32 Å². The molecule has 0 aromatic carbocycles. The molecule has 2 heterocycles. The van der Waals surface area contributed by atoms with Crippen LogP contribution in [0.4, 0.5) is 0 Å². The van der Waals surface area contributed by atoms with Crippen molar-refractivity contribution in [2.24, 2.45) is 0 Å². The minimum atomic E-state index is 0.208. The Hall–Kier alpha value is -1.40. The molecule has 0 radical (unpaired) electrons. The van der Waals surface area contributed by atoms with Gasteiger partial charge in [0.05, 0.1) is 6.54 Å². The third kappa shape index (κ3) is 4.78. The summed E-state index contributed by atoms with van der Waals surface area (Å²) >= 11 is 0. The minimum Gasteiger partial charge on any atom is -0.352 e. The molecule has 0 spiro atoms. The van der Waals surface area contributed by atoms with E-state index in [1.165, 1.54) is 12.8 Å². The fourth-order valence-electron chi connectivity index (χ4n) is 3.61. The highest BCUT2D eigenvalue weighted by Gasteiger charge is 2.21. The first-order chi connectivity index (χ1) is 11.2. The second-order valence-corrected chi connectivity index (χ2v) is 6.83. The number of hydrogen-bond donors (Lipinski definition) is 1. The second-order valence-electron chi connectivity index (χ2n) is 6.83. The van der Waals surface area contributed by atoms with E-state index in [0.29, 0.717) is 12.6 Å². The maximum atomic E-state index is 12.1. The highest BCUT2D eigenvalue weighted by molar-refractivity contribution is 5.78. The Bertz CT molecular complexity index is 501. The number of carbonyl (C=O) groups excluding carboxylic acids is 1. The number of aryl methyl sites for hydroxylation is 1. The number of nitrogens with one attached hydrogen (secondary N) is 1. The fraction of sp³-hybridized carbons (Fsp3) is 0.765. The lowest BCUT2D eigenvalue weighted by Crippen LogP contribution is -2.50. The molecule has 1 amide bonds. The lowest BCUT2D eigenvalue weighted by molar-refractivity contribution is -0.123. The maximum Gasteiger partial charge on any atom is 0.234 e. The van der Waals surface area contributed by atoms with Crippen molar-refractivity contribution < 1.29 is 4.79 Å². The molecule has 1 aliphatic carbocycles. The van der Waals surface area contributed by atoms with Crippen LogP contribution in [0.5, 0.6) is 0 Å². The van der Waals surface area contributed by atoms with Gasteiger partial charge in [-0.1, -0.05) is 12.8 Å². The molecule has 0 bridgehead atoms. The molecule has 1 saturated carbocycles. The van der Waals surface area contributed by atoms with Crippen LogP contribution in [0.25, 0.3) is 0 Å². The first kappa shape index (κ1) is 16.5. The topological polar surface area (TPSA) is 53.4 Å². The average Bonchev–Trinajstić information content (AvgIpc) is 3.18. The largest absolute Gasteiger partial charge is 0.352 e. The molecule has 3 rings (SSSR count). The Balaban J connectivity index is 1.33. The lowest BCUT2D eigenvalue weighted by Gasteiger charge is -2.34. The van der Waals surface area contributed by atoms with E-state index in [4.69, 9.17) is 0 Å². The molecule has 0 atom stereocenters. The van der Waals surface area contributed by atoms with Crippen LogP contribution in [-0.4, -0.2) is 70.6 Å². The Labute approximate surface area is 138 Å². The van der Waals surface area contributed by atoms with Gasteiger partial charge in [-0.25, -0.2) is 4.98 Å². The molecule has 23 heavy (non-hydrogen) atoms. The zero-order valence-electron chi connectivity index (χ0n) is 14.2. The van der Waals surface area contributed by atoms with Crippen molar-refractivity contribution in [3.8, 4) is 0 Å². The summed E-state index contributed by atoms with van der Waals surface area (Å²) in [5.74, 6) is 1.28. The minimum absolute atomic E-state index is 0.208. The van der Waals surface area contributed by atoms with E-state index in [1.807, 2.05) is 19.3 Å². The summed E-state index contributed by atoms with van der Waals surface area (Å²) in [7, 11) is 0. The van der Waals surface area contributed by atoms with Gasteiger partial charge >= 0.3 is 0 Å². The van der Waals surface area contributed by atoms with Gasteiger partial charge in [0.2, 0.25) is 5.91 Å². The Morgan fingerprint density at radius 2 is 1.87 bits per heavy atom. The summed E-state index contributed by atoms with van der Waals surface area (Å²) in [6, 6.07) is 0.433. The van der Waals surface area contributed by atoms with Crippen molar-refractivity contribution in [1.29, 1.82) is 0 Å². The number of imidazole rings is 1. The normalized spacial score (nSPS) is 20.9. The standard InChI is InChI=1S/C17H29N5O/c1-15-18-6-7-22(15)13-12-20-8-10-21(11-9-20)14-17(23)19-16-4-2-3-5-16/h6-7,16H,2-5,8-14H2,1H3,(H,19,23). The molecule has 1 saturated heterocycles. The molecule has 1 aromatic heterocycles. The Morgan fingerprint density at radius 3 is 2.52 bits per heavy atom. The molecule has 1 aliphatic heterocycles. The number of amides is 1. The summed E-state index contributed by atoms with van der Waals surface area (Å²) in [6.45, 7) is 8.72.